The van der Waals surface area contributed by atoms with Crippen molar-refractivity contribution in [2.24, 2.45) is 0 Å². The van der Waals surface area contributed by atoms with Crippen molar-refractivity contribution in [3.63, 3.8) is 0 Å². The van der Waals surface area contributed by atoms with Gasteiger partial charge >= 0.3 is 0 Å². The van der Waals surface area contributed by atoms with Gasteiger partial charge in [0, 0.05) is 31.4 Å². The fourth-order valence-electron chi connectivity index (χ4n) is 3.24. The Morgan fingerprint density at radius 1 is 1.31 bits per heavy atom. The van der Waals surface area contributed by atoms with E-state index in [1.54, 1.807) is 6.07 Å². The van der Waals surface area contributed by atoms with Gasteiger partial charge in [0.25, 0.3) is 5.69 Å². The van der Waals surface area contributed by atoms with Crippen molar-refractivity contribution in [1.82, 2.24) is 19.7 Å². The van der Waals surface area contributed by atoms with Crippen LogP contribution in [0.25, 0.3) is 5.82 Å². The molecule has 166 valence electrons. The molecule has 0 saturated carbocycles. The number of ether oxygens (including phenoxy) is 2. The maximum atomic E-state index is 11.8. The lowest BCUT2D eigenvalue weighted by Gasteiger charge is -2.29. The molecule has 1 aliphatic rings. The topological polar surface area (TPSA) is 138 Å². The van der Waals surface area contributed by atoms with E-state index >= 15 is 0 Å². The molecular weight excluding hydrogens is 442 g/mol. The highest BCUT2D eigenvalue weighted by Crippen LogP contribution is 2.39. The van der Waals surface area contributed by atoms with E-state index in [4.69, 9.17) is 21.1 Å². The van der Waals surface area contributed by atoms with Gasteiger partial charge in [0.05, 0.1) is 48.9 Å². The third-order valence-electron chi connectivity index (χ3n) is 4.77. The summed E-state index contributed by atoms with van der Waals surface area (Å²) in [6.45, 7) is 2.04. The fourth-order valence-corrected chi connectivity index (χ4v) is 3.42. The molecule has 3 aromatic rings. The second-order valence-electron chi connectivity index (χ2n) is 6.72. The van der Waals surface area contributed by atoms with Gasteiger partial charge in [-0.3, -0.25) is 14.9 Å². The molecular formula is C19H18ClN7O5. The van der Waals surface area contributed by atoms with Gasteiger partial charge in [-0.05, 0) is 0 Å². The molecule has 0 aliphatic carbocycles. The Balaban J connectivity index is 1.71. The summed E-state index contributed by atoms with van der Waals surface area (Å²) in [5.41, 5.74) is 1.01. The SMILES string of the molecule is COc1cc(N2CCOCC2)c([N+](=O)[O-])cc1Nc1ncc(Cl)c(-n2cc(C=O)cn2)n1. The maximum Gasteiger partial charge on any atom is 0.294 e. The molecule has 1 saturated heterocycles. The van der Waals surface area contributed by atoms with E-state index in [1.165, 1.54) is 36.4 Å². The molecule has 1 aromatic carbocycles. The van der Waals surface area contributed by atoms with E-state index in [0.29, 0.717) is 55.3 Å². The number of nitrogens with one attached hydrogen (secondary N) is 1. The van der Waals surface area contributed by atoms with Gasteiger partial charge in [-0.25, -0.2) is 9.67 Å². The van der Waals surface area contributed by atoms with Crippen molar-refractivity contribution >= 4 is 40.9 Å². The number of carbonyl (C=O) groups excluding carboxylic acids is 1. The lowest BCUT2D eigenvalue weighted by atomic mass is 10.2. The number of hydrogen-bond acceptors (Lipinski definition) is 10. The van der Waals surface area contributed by atoms with Gasteiger partial charge in [-0.15, -0.1) is 0 Å². The molecule has 1 fully saturated rings. The number of nitro benzene ring substituents is 1. The second kappa shape index (κ2) is 9.16. The predicted molar refractivity (Wildman–Crippen MR) is 116 cm³/mol. The minimum Gasteiger partial charge on any atom is -0.494 e. The lowest BCUT2D eigenvalue weighted by Crippen LogP contribution is -2.36. The summed E-state index contributed by atoms with van der Waals surface area (Å²) >= 11 is 6.19. The highest BCUT2D eigenvalue weighted by molar-refractivity contribution is 6.32. The molecule has 0 bridgehead atoms. The van der Waals surface area contributed by atoms with Crippen LogP contribution in [0.2, 0.25) is 5.02 Å². The van der Waals surface area contributed by atoms with Gasteiger partial charge in [-0.1, -0.05) is 11.6 Å². The Kier molecular flexibility index (Phi) is 6.14. The van der Waals surface area contributed by atoms with E-state index in [0.717, 1.165) is 0 Å². The number of methoxy groups -OCH3 is 1. The van der Waals surface area contributed by atoms with Gasteiger partial charge in [0.15, 0.2) is 12.1 Å². The molecule has 1 N–H and O–H groups in total. The van der Waals surface area contributed by atoms with Crippen LogP contribution in [0.15, 0.2) is 30.7 Å². The number of nitrogens with zero attached hydrogens (tertiary/aromatic N) is 6. The third-order valence-corrected chi connectivity index (χ3v) is 5.04. The Morgan fingerprint density at radius 3 is 2.75 bits per heavy atom. The molecule has 0 atom stereocenters. The Labute approximate surface area is 186 Å². The predicted octanol–water partition coefficient (Wildman–Crippen LogP) is 2.63. The summed E-state index contributed by atoms with van der Waals surface area (Å²) in [4.78, 5) is 32.6. The van der Waals surface area contributed by atoms with Gasteiger partial charge in [0.1, 0.15) is 16.5 Å². The van der Waals surface area contributed by atoms with Gasteiger partial charge < -0.3 is 19.7 Å². The maximum absolute atomic E-state index is 11.8. The van der Waals surface area contributed by atoms with Crippen molar-refractivity contribution < 1.29 is 19.2 Å². The molecule has 0 spiro atoms. The summed E-state index contributed by atoms with van der Waals surface area (Å²) in [7, 11) is 1.47. The van der Waals surface area contributed by atoms with Crippen molar-refractivity contribution in [2.45, 2.75) is 0 Å². The van der Waals surface area contributed by atoms with Crippen LogP contribution in [0.4, 0.5) is 23.0 Å². The fraction of sp³-hybridized carbons (Fsp3) is 0.263. The Hall–Kier alpha value is -3.77. The van der Waals surface area contributed by atoms with Crippen molar-refractivity contribution in [3.8, 4) is 11.6 Å². The molecule has 0 unspecified atom stereocenters. The van der Waals surface area contributed by atoms with Crippen LogP contribution in [0, 0.1) is 10.1 Å². The van der Waals surface area contributed by atoms with Crippen LogP contribution in [-0.2, 0) is 4.74 Å². The zero-order chi connectivity index (χ0) is 22.7. The van der Waals surface area contributed by atoms with Crippen molar-refractivity contribution in [2.75, 3.05) is 43.6 Å². The second-order valence-corrected chi connectivity index (χ2v) is 7.13. The van der Waals surface area contributed by atoms with Crippen molar-refractivity contribution in [3.05, 3.63) is 51.4 Å². The average Bonchev–Trinajstić information content (AvgIpc) is 3.29. The normalized spacial score (nSPS) is 13.6. The minimum absolute atomic E-state index is 0.0907. The molecule has 13 heteroatoms. The Morgan fingerprint density at radius 2 is 2.09 bits per heavy atom. The number of hydrogen-bond donors (Lipinski definition) is 1. The quantitative estimate of drug-likeness (QED) is 0.318. The van der Waals surface area contributed by atoms with Crippen LogP contribution in [0.1, 0.15) is 10.4 Å². The number of morpholine rings is 1. The molecule has 12 nitrogen and oxygen atoms in total. The number of benzene rings is 1. The van der Waals surface area contributed by atoms with Crippen LogP contribution >= 0.6 is 11.6 Å². The van der Waals surface area contributed by atoms with Crippen LogP contribution in [-0.4, -0.2) is 64.4 Å². The smallest absolute Gasteiger partial charge is 0.294 e. The monoisotopic (exact) mass is 459 g/mol. The van der Waals surface area contributed by atoms with E-state index in [2.05, 4.69) is 20.4 Å². The zero-order valence-electron chi connectivity index (χ0n) is 16.9. The van der Waals surface area contributed by atoms with Crippen LogP contribution < -0.4 is 15.0 Å². The number of carbonyl (C=O) groups is 1. The summed E-state index contributed by atoms with van der Waals surface area (Å²) in [6.07, 6.45) is 4.85. The number of anilines is 3. The molecule has 2 aromatic heterocycles. The van der Waals surface area contributed by atoms with Gasteiger partial charge in [-0.2, -0.15) is 10.1 Å². The number of aromatic nitrogens is 4. The molecule has 1 aliphatic heterocycles. The van der Waals surface area contributed by atoms with Crippen molar-refractivity contribution in [1.29, 1.82) is 0 Å². The van der Waals surface area contributed by atoms with E-state index in [-0.39, 0.29) is 22.5 Å². The molecule has 3 heterocycles. The van der Waals surface area contributed by atoms with E-state index in [1.807, 2.05) is 4.90 Å². The standard InChI is InChI=1S/C19H18ClN7O5/c1-31-17-7-15(25-2-4-32-5-3-25)16(27(29)30)6-14(17)23-19-21-9-13(20)18(24-19)26-10-12(11-28)8-22-26/h6-11H,2-5H2,1H3,(H,21,23,24). The third kappa shape index (κ3) is 4.31. The summed E-state index contributed by atoms with van der Waals surface area (Å²) < 4.78 is 12.1. The first-order valence-electron chi connectivity index (χ1n) is 9.49. The first-order valence-corrected chi connectivity index (χ1v) is 9.87. The highest BCUT2D eigenvalue weighted by atomic mass is 35.5. The summed E-state index contributed by atoms with van der Waals surface area (Å²) in [5.74, 6) is 0.717. The lowest BCUT2D eigenvalue weighted by molar-refractivity contribution is -0.384. The molecule has 32 heavy (non-hydrogen) atoms. The molecule has 0 amide bonds. The summed E-state index contributed by atoms with van der Waals surface area (Å²) in [5, 5.41) is 19.0. The zero-order valence-corrected chi connectivity index (χ0v) is 17.7. The minimum atomic E-state index is -0.450. The largest absolute Gasteiger partial charge is 0.494 e. The summed E-state index contributed by atoms with van der Waals surface area (Å²) in [6, 6.07) is 2.98. The number of nitro groups is 1. The molecule has 4 rings (SSSR count). The number of halogens is 1. The number of rotatable bonds is 7. The van der Waals surface area contributed by atoms with Gasteiger partial charge in [0.2, 0.25) is 5.95 Å². The van der Waals surface area contributed by atoms with Crippen LogP contribution in [0.3, 0.4) is 0 Å². The highest BCUT2D eigenvalue weighted by Gasteiger charge is 2.25. The first kappa shape index (κ1) is 21.5. The Bertz CT molecular complexity index is 1160. The first-order chi connectivity index (χ1) is 15.5. The van der Waals surface area contributed by atoms with E-state index in [9.17, 15) is 14.9 Å². The van der Waals surface area contributed by atoms with E-state index < -0.39 is 4.92 Å². The molecule has 0 radical (unpaired) electrons. The average molecular weight is 460 g/mol. The number of aldehydes is 1. The van der Waals surface area contributed by atoms with Crippen LogP contribution in [0.5, 0.6) is 5.75 Å².